The van der Waals surface area contributed by atoms with Gasteiger partial charge in [0.1, 0.15) is 5.82 Å². The van der Waals surface area contributed by atoms with Gasteiger partial charge in [0.25, 0.3) is 5.91 Å². The average molecular weight is 633 g/mol. The van der Waals surface area contributed by atoms with E-state index in [4.69, 9.17) is 0 Å². The third-order valence-corrected chi connectivity index (χ3v) is 9.48. The molecule has 10 nitrogen and oxygen atoms in total. The zero-order valence-corrected chi connectivity index (χ0v) is 24.6. The molecule has 0 spiro atoms. The Morgan fingerprint density at radius 3 is 2.56 bits per heavy atom. The largest absolute Gasteiger partial charge is 0.389 e. The molecule has 4 aliphatic carbocycles. The summed E-state index contributed by atoms with van der Waals surface area (Å²) in [4.78, 5) is 34.7. The van der Waals surface area contributed by atoms with Gasteiger partial charge in [-0.3, -0.25) is 9.59 Å². The molecule has 2 bridgehead atoms. The van der Waals surface area contributed by atoms with Crippen LogP contribution in [0.4, 0.5) is 22.0 Å². The van der Waals surface area contributed by atoms with Gasteiger partial charge in [-0.1, -0.05) is 6.07 Å². The minimum Gasteiger partial charge on any atom is -0.350 e. The Hall–Kier alpha value is -4.09. The van der Waals surface area contributed by atoms with E-state index in [0.29, 0.717) is 29.0 Å². The molecular formula is C30H33F5N8O2. The number of nitriles is 1. The number of halogens is 5. The lowest BCUT2D eigenvalue weighted by Gasteiger charge is -2.66. The van der Waals surface area contributed by atoms with Crippen molar-refractivity contribution in [3.05, 3.63) is 41.5 Å². The van der Waals surface area contributed by atoms with E-state index in [1.807, 2.05) is 0 Å². The van der Waals surface area contributed by atoms with Crippen LogP contribution in [-0.2, 0) is 11.3 Å². The lowest BCUT2D eigenvalue weighted by molar-refractivity contribution is -0.175. The third-order valence-electron chi connectivity index (χ3n) is 9.48. The van der Waals surface area contributed by atoms with Gasteiger partial charge < -0.3 is 15.6 Å². The molecule has 240 valence electrons. The van der Waals surface area contributed by atoms with Crippen molar-refractivity contribution in [2.75, 3.05) is 0 Å². The van der Waals surface area contributed by atoms with Crippen molar-refractivity contribution in [3.63, 3.8) is 0 Å². The molecule has 4 fully saturated rings. The Kier molecular flexibility index (Phi) is 7.60. The molecule has 15 heteroatoms. The summed E-state index contributed by atoms with van der Waals surface area (Å²) in [7, 11) is 0. The monoisotopic (exact) mass is 632 g/mol. The predicted octanol–water partition coefficient (Wildman–Crippen LogP) is 5.66. The van der Waals surface area contributed by atoms with E-state index < -0.39 is 48.8 Å². The van der Waals surface area contributed by atoms with Gasteiger partial charge in [-0.15, -0.1) is 5.10 Å². The fourth-order valence-corrected chi connectivity index (χ4v) is 7.19. The molecule has 0 radical (unpaired) electrons. The van der Waals surface area contributed by atoms with Gasteiger partial charge in [-0.25, -0.2) is 13.8 Å². The first-order valence-electron chi connectivity index (χ1n) is 15.0. The highest BCUT2D eigenvalue weighted by atomic mass is 19.4. The van der Waals surface area contributed by atoms with Crippen LogP contribution in [0.1, 0.15) is 98.7 Å². The summed E-state index contributed by atoms with van der Waals surface area (Å²) in [5.74, 6) is -3.99. The molecule has 4 saturated carbocycles. The standard InChI is InChI=1S/C30H33F5N8O2/c1-17(38-23(44)6-9-30(33,34)35)19-2-3-20-21(10-19)40-25(39-20)24(18-4-7-29(31,32)8-5-18)41-26(45)22-11-37-43(42-22)16-28-12-27(13-28,14-28)15-36/h2-3,10-11,17-18,24H,4-9,12-14,16H2,1H3,(H,38,44)(H,39,40)(H,41,45)/t17-,24+,27?,28?/m1/s1. The van der Waals surface area contributed by atoms with Crippen LogP contribution in [0.2, 0.25) is 0 Å². The number of nitrogens with zero attached hydrogens (tertiary/aromatic N) is 5. The maximum Gasteiger partial charge on any atom is 0.389 e. The molecule has 7 rings (SSSR count). The lowest BCUT2D eigenvalue weighted by atomic mass is 9.36. The smallest absolute Gasteiger partial charge is 0.350 e. The van der Waals surface area contributed by atoms with Crippen molar-refractivity contribution in [2.45, 2.75) is 95.4 Å². The van der Waals surface area contributed by atoms with E-state index in [2.05, 4.69) is 36.9 Å². The first-order chi connectivity index (χ1) is 21.2. The van der Waals surface area contributed by atoms with Crippen molar-refractivity contribution in [3.8, 4) is 6.07 Å². The topological polar surface area (TPSA) is 141 Å². The Balaban J connectivity index is 1.17. The lowest BCUT2D eigenvalue weighted by Crippen LogP contribution is -2.62. The molecular weight excluding hydrogens is 599 g/mol. The molecule has 2 aromatic heterocycles. The second-order valence-electron chi connectivity index (χ2n) is 13.1. The molecule has 45 heavy (non-hydrogen) atoms. The predicted molar refractivity (Wildman–Crippen MR) is 149 cm³/mol. The maximum absolute atomic E-state index is 14.0. The summed E-state index contributed by atoms with van der Waals surface area (Å²) in [5.41, 5.74) is 1.56. The van der Waals surface area contributed by atoms with E-state index in [-0.39, 0.29) is 48.1 Å². The van der Waals surface area contributed by atoms with Crippen molar-refractivity contribution in [2.24, 2.45) is 16.7 Å². The van der Waals surface area contributed by atoms with Crippen LogP contribution in [0.3, 0.4) is 0 Å². The zero-order chi connectivity index (χ0) is 32.2. The molecule has 2 heterocycles. The number of carbonyl (C=O) groups is 2. The van der Waals surface area contributed by atoms with Crippen LogP contribution in [-0.4, -0.2) is 48.9 Å². The van der Waals surface area contributed by atoms with Crippen LogP contribution in [0.25, 0.3) is 11.0 Å². The minimum absolute atomic E-state index is 0.00510. The number of aromatic amines is 1. The van der Waals surface area contributed by atoms with Crippen molar-refractivity contribution < 1.29 is 31.5 Å². The molecule has 4 aliphatic rings. The number of rotatable bonds is 10. The number of carbonyl (C=O) groups excluding carboxylic acids is 2. The fraction of sp³-hybridized carbons (Fsp3) is 0.600. The number of fused-ring (bicyclic) bond motifs is 1. The molecule has 1 aromatic carbocycles. The van der Waals surface area contributed by atoms with Crippen LogP contribution in [0.5, 0.6) is 0 Å². The van der Waals surface area contributed by atoms with Gasteiger partial charge in [0.2, 0.25) is 11.8 Å². The molecule has 3 aromatic rings. The van der Waals surface area contributed by atoms with E-state index in [9.17, 15) is 36.8 Å². The highest BCUT2D eigenvalue weighted by Crippen LogP contribution is 2.73. The van der Waals surface area contributed by atoms with Crippen LogP contribution < -0.4 is 10.6 Å². The Labute approximate surface area is 255 Å². The van der Waals surface area contributed by atoms with Gasteiger partial charge in [0, 0.05) is 19.3 Å². The highest BCUT2D eigenvalue weighted by Gasteiger charge is 2.68. The fourth-order valence-electron chi connectivity index (χ4n) is 7.19. The molecule has 0 unspecified atom stereocenters. The first-order valence-corrected chi connectivity index (χ1v) is 15.0. The summed E-state index contributed by atoms with van der Waals surface area (Å²) in [6.07, 6.45) is -2.88. The average Bonchev–Trinajstić information content (AvgIpc) is 3.58. The van der Waals surface area contributed by atoms with Gasteiger partial charge in [0.15, 0.2) is 5.69 Å². The number of benzene rings is 1. The number of aromatic nitrogens is 5. The van der Waals surface area contributed by atoms with Crippen LogP contribution >= 0.6 is 0 Å². The van der Waals surface area contributed by atoms with Gasteiger partial charge in [-0.05, 0) is 68.1 Å². The zero-order valence-electron chi connectivity index (χ0n) is 24.6. The minimum atomic E-state index is -4.43. The van der Waals surface area contributed by atoms with Crippen LogP contribution in [0.15, 0.2) is 24.4 Å². The normalized spacial score (nSPS) is 25.4. The van der Waals surface area contributed by atoms with Gasteiger partial charge >= 0.3 is 6.18 Å². The van der Waals surface area contributed by atoms with E-state index in [1.54, 1.807) is 25.1 Å². The van der Waals surface area contributed by atoms with Crippen molar-refractivity contribution >= 4 is 22.8 Å². The van der Waals surface area contributed by atoms with Gasteiger partial charge in [0.05, 0.1) is 53.8 Å². The molecule has 2 atom stereocenters. The van der Waals surface area contributed by atoms with Gasteiger partial charge in [-0.2, -0.15) is 28.3 Å². The number of nitrogens with one attached hydrogen (secondary N) is 3. The van der Waals surface area contributed by atoms with Crippen molar-refractivity contribution in [1.29, 1.82) is 5.26 Å². The number of imidazole rings is 1. The number of alkyl halides is 5. The molecule has 0 saturated heterocycles. The van der Waals surface area contributed by atoms with Crippen molar-refractivity contribution in [1.82, 2.24) is 35.6 Å². The SMILES string of the molecule is C[C@@H](NC(=O)CCC(F)(F)F)c1ccc2[nH]c([C@@H](NC(=O)c3cnn(CC45CC(C#N)(C4)C5)n3)C3CCC(F)(F)CC3)nc2c1. The third kappa shape index (κ3) is 6.50. The van der Waals surface area contributed by atoms with E-state index in [1.165, 1.54) is 11.0 Å². The summed E-state index contributed by atoms with van der Waals surface area (Å²) >= 11 is 0. The summed E-state index contributed by atoms with van der Waals surface area (Å²) in [5, 5.41) is 23.4. The summed E-state index contributed by atoms with van der Waals surface area (Å²) in [6.45, 7) is 2.16. The number of H-pyrrole nitrogens is 1. The van der Waals surface area contributed by atoms with Crippen LogP contribution in [0, 0.1) is 28.1 Å². The number of amides is 2. The molecule has 0 aliphatic heterocycles. The molecule has 2 amide bonds. The summed E-state index contributed by atoms with van der Waals surface area (Å²) in [6, 6.07) is 6.14. The molecule has 3 N–H and O–H groups in total. The quantitative estimate of drug-likeness (QED) is 0.246. The Morgan fingerprint density at radius 2 is 1.89 bits per heavy atom. The highest BCUT2D eigenvalue weighted by molar-refractivity contribution is 5.92. The first kappa shape index (κ1) is 30.9. The summed E-state index contributed by atoms with van der Waals surface area (Å²) < 4.78 is 65.6. The second-order valence-corrected chi connectivity index (χ2v) is 13.1. The number of hydrogen-bond acceptors (Lipinski definition) is 6. The Morgan fingerprint density at radius 1 is 1.18 bits per heavy atom. The van der Waals surface area contributed by atoms with E-state index >= 15 is 0 Å². The van der Waals surface area contributed by atoms with E-state index in [0.717, 1.165) is 19.3 Å². The maximum atomic E-state index is 14.0. The Bertz CT molecular complexity index is 1630. The second kappa shape index (κ2) is 11.1. The number of hydrogen-bond donors (Lipinski definition) is 3.